The molecule has 0 aliphatic heterocycles. The second-order valence-corrected chi connectivity index (χ2v) is 2.75. The average molecular weight is 226 g/mol. The highest BCUT2D eigenvalue weighted by Crippen LogP contribution is 2.03. The predicted octanol–water partition coefficient (Wildman–Crippen LogP) is 1.11. The minimum absolute atomic E-state index is 0. The summed E-state index contributed by atoms with van der Waals surface area (Å²) < 4.78 is 0. The first kappa shape index (κ1) is 13.2. The van der Waals surface area contributed by atoms with Gasteiger partial charge in [0.05, 0.1) is 11.4 Å². The van der Waals surface area contributed by atoms with E-state index in [1.54, 1.807) is 12.1 Å². The van der Waals surface area contributed by atoms with Crippen molar-refractivity contribution in [2.75, 3.05) is 11.9 Å². The maximum Gasteiger partial charge on any atom is 0.125 e. The zero-order chi connectivity index (χ0) is 10.4. The SMILES string of the molecule is Cl.N#Cc1ccc(NCCC(=N)N)nc1. The Labute approximate surface area is 94.2 Å². The van der Waals surface area contributed by atoms with Gasteiger partial charge in [-0.25, -0.2) is 4.98 Å². The van der Waals surface area contributed by atoms with Crippen molar-refractivity contribution in [1.82, 2.24) is 4.98 Å². The van der Waals surface area contributed by atoms with Gasteiger partial charge in [0.25, 0.3) is 0 Å². The normalized spacial score (nSPS) is 8.47. The van der Waals surface area contributed by atoms with Crippen LogP contribution in [0.4, 0.5) is 5.82 Å². The number of rotatable bonds is 4. The molecular weight excluding hydrogens is 214 g/mol. The van der Waals surface area contributed by atoms with E-state index in [0.29, 0.717) is 24.3 Å². The van der Waals surface area contributed by atoms with Gasteiger partial charge in [-0.3, -0.25) is 5.41 Å². The Morgan fingerprint density at radius 1 is 1.60 bits per heavy atom. The van der Waals surface area contributed by atoms with Crippen molar-refractivity contribution in [3.05, 3.63) is 23.9 Å². The van der Waals surface area contributed by atoms with E-state index < -0.39 is 0 Å². The molecule has 0 aromatic carbocycles. The fraction of sp³-hybridized carbons (Fsp3) is 0.222. The summed E-state index contributed by atoms with van der Waals surface area (Å²) in [6.07, 6.45) is 1.98. The van der Waals surface area contributed by atoms with Crippen molar-refractivity contribution in [2.24, 2.45) is 5.73 Å². The second kappa shape index (κ2) is 6.62. The molecule has 0 unspecified atom stereocenters. The van der Waals surface area contributed by atoms with Crippen LogP contribution in [0.25, 0.3) is 0 Å². The third-order valence-electron chi connectivity index (χ3n) is 1.59. The Balaban J connectivity index is 0.00000196. The fourth-order valence-corrected chi connectivity index (χ4v) is 0.890. The van der Waals surface area contributed by atoms with E-state index in [-0.39, 0.29) is 18.2 Å². The maximum absolute atomic E-state index is 8.52. The quantitative estimate of drug-likeness (QED) is 0.528. The number of anilines is 1. The molecule has 0 radical (unpaired) electrons. The lowest BCUT2D eigenvalue weighted by Crippen LogP contribution is -2.15. The Morgan fingerprint density at radius 3 is 2.80 bits per heavy atom. The molecule has 0 aliphatic carbocycles. The van der Waals surface area contributed by atoms with Crippen molar-refractivity contribution >= 4 is 24.1 Å². The van der Waals surface area contributed by atoms with Crippen molar-refractivity contribution in [2.45, 2.75) is 6.42 Å². The summed E-state index contributed by atoms with van der Waals surface area (Å²) >= 11 is 0. The summed E-state index contributed by atoms with van der Waals surface area (Å²) in [5.41, 5.74) is 5.71. The third kappa shape index (κ3) is 4.84. The van der Waals surface area contributed by atoms with Gasteiger partial charge in [0, 0.05) is 19.2 Å². The van der Waals surface area contributed by atoms with Gasteiger partial charge < -0.3 is 11.1 Å². The van der Waals surface area contributed by atoms with Crippen molar-refractivity contribution in [3.8, 4) is 6.07 Å². The van der Waals surface area contributed by atoms with Crippen LogP contribution in [-0.4, -0.2) is 17.4 Å². The van der Waals surface area contributed by atoms with Crippen LogP contribution in [-0.2, 0) is 0 Å². The predicted molar refractivity (Wildman–Crippen MR) is 61.2 cm³/mol. The highest BCUT2D eigenvalue weighted by atomic mass is 35.5. The van der Waals surface area contributed by atoms with Gasteiger partial charge in [0.15, 0.2) is 0 Å². The molecule has 5 nitrogen and oxygen atoms in total. The molecule has 80 valence electrons. The molecular formula is C9H12ClN5. The molecule has 0 aliphatic rings. The second-order valence-electron chi connectivity index (χ2n) is 2.75. The molecule has 0 spiro atoms. The molecule has 15 heavy (non-hydrogen) atoms. The van der Waals surface area contributed by atoms with E-state index in [1.807, 2.05) is 6.07 Å². The third-order valence-corrected chi connectivity index (χ3v) is 1.59. The standard InChI is InChI=1S/C9H11N5.ClH/c10-5-7-1-2-9(14-6-7)13-4-3-8(11)12;/h1-2,6H,3-4H2,(H3,11,12)(H,13,14);1H. The summed E-state index contributed by atoms with van der Waals surface area (Å²) in [7, 11) is 0. The van der Waals surface area contributed by atoms with E-state index in [0.717, 1.165) is 0 Å². The summed E-state index contributed by atoms with van der Waals surface area (Å²) in [4.78, 5) is 4.00. The number of nitrogens with two attached hydrogens (primary N) is 1. The molecule has 1 heterocycles. The summed E-state index contributed by atoms with van der Waals surface area (Å²) in [6, 6.07) is 5.39. The van der Waals surface area contributed by atoms with E-state index in [1.165, 1.54) is 6.20 Å². The maximum atomic E-state index is 8.52. The lowest BCUT2D eigenvalue weighted by Gasteiger charge is -2.03. The topological polar surface area (TPSA) is 98.6 Å². The van der Waals surface area contributed by atoms with Crippen molar-refractivity contribution < 1.29 is 0 Å². The lowest BCUT2D eigenvalue weighted by atomic mass is 10.3. The van der Waals surface area contributed by atoms with E-state index in [2.05, 4.69) is 10.3 Å². The molecule has 4 N–H and O–H groups in total. The van der Waals surface area contributed by atoms with Gasteiger partial charge in [-0.15, -0.1) is 12.4 Å². The minimum Gasteiger partial charge on any atom is -0.388 e. The van der Waals surface area contributed by atoms with E-state index >= 15 is 0 Å². The van der Waals surface area contributed by atoms with Gasteiger partial charge in [-0.05, 0) is 12.1 Å². The number of aromatic nitrogens is 1. The molecule has 1 rings (SSSR count). The van der Waals surface area contributed by atoms with Crippen molar-refractivity contribution in [3.63, 3.8) is 0 Å². The van der Waals surface area contributed by atoms with Crippen LogP contribution in [0.1, 0.15) is 12.0 Å². The molecule has 0 saturated heterocycles. The largest absolute Gasteiger partial charge is 0.388 e. The Bertz CT molecular complexity index is 354. The number of nitrogens with one attached hydrogen (secondary N) is 2. The van der Waals surface area contributed by atoms with Crippen LogP contribution < -0.4 is 11.1 Å². The highest BCUT2D eigenvalue weighted by Gasteiger charge is 1.94. The number of nitriles is 1. The molecule has 0 bridgehead atoms. The van der Waals surface area contributed by atoms with Crippen LogP contribution in [0.5, 0.6) is 0 Å². The molecule has 6 heteroatoms. The van der Waals surface area contributed by atoms with Gasteiger partial charge in [0.2, 0.25) is 0 Å². The highest BCUT2D eigenvalue weighted by molar-refractivity contribution is 5.85. The van der Waals surface area contributed by atoms with Crippen LogP contribution in [0.2, 0.25) is 0 Å². The lowest BCUT2D eigenvalue weighted by molar-refractivity contribution is 1.06. The molecule has 1 aromatic rings. The molecule has 0 atom stereocenters. The molecule has 0 amide bonds. The first-order valence-electron chi connectivity index (χ1n) is 4.15. The Hall–Kier alpha value is -1.80. The summed E-state index contributed by atoms with van der Waals surface area (Å²) in [6.45, 7) is 0.578. The first-order chi connectivity index (χ1) is 6.72. The van der Waals surface area contributed by atoms with Crippen LogP contribution in [0, 0.1) is 16.7 Å². The van der Waals surface area contributed by atoms with E-state index in [4.69, 9.17) is 16.4 Å². The number of nitrogens with zero attached hydrogens (tertiary/aromatic N) is 2. The van der Waals surface area contributed by atoms with Crippen molar-refractivity contribution in [1.29, 1.82) is 10.7 Å². The van der Waals surface area contributed by atoms with Crippen LogP contribution in [0.3, 0.4) is 0 Å². The summed E-state index contributed by atoms with van der Waals surface area (Å²) in [5, 5.41) is 18.5. The number of pyridine rings is 1. The molecule has 1 aromatic heterocycles. The zero-order valence-electron chi connectivity index (χ0n) is 8.03. The summed E-state index contributed by atoms with van der Waals surface area (Å²) in [5.74, 6) is 0.830. The fourth-order valence-electron chi connectivity index (χ4n) is 0.890. The van der Waals surface area contributed by atoms with Gasteiger partial charge in [-0.2, -0.15) is 5.26 Å². The Morgan fingerprint density at radius 2 is 2.33 bits per heavy atom. The van der Waals surface area contributed by atoms with Gasteiger partial charge in [-0.1, -0.05) is 0 Å². The smallest absolute Gasteiger partial charge is 0.125 e. The number of amidine groups is 1. The van der Waals surface area contributed by atoms with Gasteiger partial charge in [0.1, 0.15) is 11.9 Å². The number of halogens is 1. The molecule has 0 saturated carbocycles. The van der Waals surface area contributed by atoms with Crippen LogP contribution >= 0.6 is 12.4 Å². The van der Waals surface area contributed by atoms with E-state index in [9.17, 15) is 0 Å². The Kier molecular flexibility index (Phi) is 5.83. The first-order valence-corrected chi connectivity index (χ1v) is 4.15. The number of hydrogen-bond acceptors (Lipinski definition) is 4. The number of hydrogen-bond donors (Lipinski definition) is 3. The monoisotopic (exact) mass is 225 g/mol. The molecule has 0 fully saturated rings. The van der Waals surface area contributed by atoms with Crippen LogP contribution in [0.15, 0.2) is 18.3 Å². The minimum atomic E-state index is 0. The van der Waals surface area contributed by atoms with Gasteiger partial charge >= 0.3 is 0 Å². The zero-order valence-corrected chi connectivity index (χ0v) is 8.84. The average Bonchev–Trinajstić information content (AvgIpc) is 2.18.